The van der Waals surface area contributed by atoms with Crippen LogP contribution in [0.3, 0.4) is 0 Å². The van der Waals surface area contributed by atoms with Gasteiger partial charge in [0, 0.05) is 29.2 Å². The first-order valence-corrected chi connectivity index (χ1v) is 9.70. The molecule has 0 aliphatic rings. The standard InChI is InChI=1S/C21H20ClF3N4O2/c1-13(12-30)27-20-28-18(15-3-2-4-17(9-15)31-21(23,24)25)10-19(29-20)26-11-14-5-7-16(22)8-6-14/h2-10,13,30H,11-12H2,1H3,(H2,26,27,28,29)/t13-/m0/s1. The first-order valence-electron chi connectivity index (χ1n) is 9.33. The second kappa shape index (κ2) is 9.84. The zero-order valence-corrected chi connectivity index (χ0v) is 17.2. The maximum atomic E-state index is 12.6. The topological polar surface area (TPSA) is 79.3 Å². The molecule has 1 atom stereocenters. The number of nitrogens with zero attached hydrogens (tertiary/aromatic N) is 2. The number of hydrogen-bond acceptors (Lipinski definition) is 6. The maximum Gasteiger partial charge on any atom is 0.573 e. The second-order valence-corrected chi connectivity index (χ2v) is 7.18. The van der Waals surface area contributed by atoms with E-state index in [1.807, 2.05) is 12.1 Å². The first kappa shape index (κ1) is 22.6. The van der Waals surface area contributed by atoms with E-state index in [9.17, 15) is 18.3 Å². The normalized spacial score (nSPS) is 12.3. The minimum Gasteiger partial charge on any atom is -0.406 e. The van der Waals surface area contributed by atoms with Gasteiger partial charge in [0.15, 0.2) is 0 Å². The molecule has 0 bridgehead atoms. The Kier molecular flexibility index (Phi) is 7.19. The fourth-order valence-corrected chi connectivity index (χ4v) is 2.79. The van der Waals surface area contributed by atoms with Gasteiger partial charge in [-0.05, 0) is 36.8 Å². The third kappa shape index (κ3) is 7.01. The predicted molar refractivity (Wildman–Crippen MR) is 113 cm³/mol. The molecular weight excluding hydrogens is 433 g/mol. The van der Waals surface area contributed by atoms with Crippen LogP contribution in [0.1, 0.15) is 12.5 Å². The van der Waals surface area contributed by atoms with Crippen molar-refractivity contribution in [2.24, 2.45) is 0 Å². The van der Waals surface area contributed by atoms with Gasteiger partial charge in [0.1, 0.15) is 11.6 Å². The summed E-state index contributed by atoms with van der Waals surface area (Å²) >= 11 is 5.90. The van der Waals surface area contributed by atoms with Crippen LogP contribution in [0.25, 0.3) is 11.3 Å². The van der Waals surface area contributed by atoms with Gasteiger partial charge in [-0.3, -0.25) is 0 Å². The molecule has 0 fully saturated rings. The van der Waals surface area contributed by atoms with Crippen LogP contribution in [0.4, 0.5) is 24.9 Å². The molecule has 0 spiro atoms. The molecule has 0 unspecified atom stereocenters. The van der Waals surface area contributed by atoms with Crippen molar-refractivity contribution < 1.29 is 23.0 Å². The number of aromatic nitrogens is 2. The number of anilines is 2. The van der Waals surface area contributed by atoms with Crippen LogP contribution in [-0.4, -0.2) is 34.1 Å². The Hall–Kier alpha value is -3.04. The summed E-state index contributed by atoms with van der Waals surface area (Å²) in [7, 11) is 0. The Balaban J connectivity index is 1.89. The molecule has 1 heterocycles. The molecule has 3 rings (SSSR count). The van der Waals surface area contributed by atoms with Crippen LogP contribution < -0.4 is 15.4 Å². The summed E-state index contributed by atoms with van der Waals surface area (Å²) in [6.07, 6.45) is -4.79. The first-order chi connectivity index (χ1) is 14.7. The molecule has 0 aliphatic carbocycles. The number of ether oxygens (including phenoxy) is 1. The van der Waals surface area contributed by atoms with E-state index in [4.69, 9.17) is 11.6 Å². The van der Waals surface area contributed by atoms with Gasteiger partial charge in [-0.2, -0.15) is 4.98 Å². The Morgan fingerprint density at radius 1 is 1.10 bits per heavy atom. The van der Waals surface area contributed by atoms with E-state index < -0.39 is 6.36 Å². The largest absolute Gasteiger partial charge is 0.573 e. The van der Waals surface area contributed by atoms with Gasteiger partial charge in [-0.25, -0.2) is 4.98 Å². The molecular formula is C21H20ClF3N4O2. The smallest absolute Gasteiger partial charge is 0.406 e. The molecule has 31 heavy (non-hydrogen) atoms. The monoisotopic (exact) mass is 452 g/mol. The predicted octanol–water partition coefficient (Wildman–Crippen LogP) is 5.10. The molecule has 3 N–H and O–H groups in total. The lowest BCUT2D eigenvalue weighted by Gasteiger charge is -2.15. The van der Waals surface area contributed by atoms with Gasteiger partial charge in [0.05, 0.1) is 12.3 Å². The zero-order valence-electron chi connectivity index (χ0n) is 16.4. The van der Waals surface area contributed by atoms with Crippen LogP contribution in [0.2, 0.25) is 5.02 Å². The Morgan fingerprint density at radius 3 is 2.52 bits per heavy atom. The Morgan fingerprint density at radius 2 is 1.84 bits per heavy atom. The third-order valence-electron chi connectivity index (χ3n) is 4.13. The van der Waals surface area contributed by atoms with E-state index in [0.29, 0.717) is 28.6 Å². The van der Waals surface area contributed by atoms with Crippen molar-refractivity contribution in [1.82, 2.24) is 9.97 Å². The number of aliphatic hydroxyl groups excluding tert-OH is 1. The van der Waals surface area contributed by atoms with Crippen molar-refractivity contribution in [3.63, 3.8) is 0 Å². The lowest BCUT2D eigenvalue weighted by molar-refractivity contribution is -0.274. The fraction of sp³-hybridized carbons (Fsp3) is 0.238. The zero-order chi connectivity index (χ0) is 22.4. The number of alkyl halides is 3. The third-order valence-corrected chi connectivity index (χ3v) is 4.38. The molecule has 2 aromatic carbocycles. The van der Waals surface area contributed by atoms with Crippen molar-refractivity contribution in [2.75, 3.05) is 17.2 Å². The Bertz CT molecular complexity index is 1020. The fourth-order valence-electron chi connectivity index (χ4n) is 2.66. The number of nitrogens with one attached hydrogen (secondary N) is 2. The molecule has 164 valence electrons. The Labute approximate surface area is 182 Å². The van der Waals surface area contributed by atoms with Crippen molar-refractivity contribution in [1.29, 1.82) is 0 Å². The quantitative estimate of drug-likeness (QED) is 0.441. The van der Waals surface area contributed by atoms with Crippen LogP contribution in [0.5, 0.6) is 5.75 Å². The number of aliphatic hydroxyl groups is 1. The summed E-state index contributed by atoms with van der Waals surface area (Å²) in [4.78, 5) is 8.75. The highest BCUT2D eigenvalue weighted by Crippen LogP contribution is 2.29. The number of benzene rings is 2. The minimum absolute atomic E-state index is 0.143. The molecule has 0 saturated carbocycles. The summed E-state index contributed by atoms with van der Waals surface area (Å²) in [5.41, 5.74) is 1.76. The summed E-state index contributed by atoms with van der Waals surface area (Å²) in [6, 6.07) is 14.1. The van der Waals surface area contributed by atoms with Gasteiger partial charge in [0.25, 0.3) is 0 Å². The van der Waals surface area contributed by atoms with Gasteiger partial charge >= 0.3 is 6.36 Å². The molecule has 0 amide bonds. The lowest BCUT2D eigenvalue weighted by atomic mass is 10.1. The summed E-state index contributed by atoms with van der Waals surface area (Å²) in [6.45, 7) is 2.05. The van der Waals surface area contributed by atoms with Gasteiger partial charge in [-0.1, -0.05) is 35.9 Å². The van der Waals surface area contributed by atoms with Crippen molar-refractivity contribution in [2.45, 2.75) is 25.9 Å². The second-order valence-electron chi connectivity index (χ2n) is 6.75. The summed E-state index contributed by atoms with van der Waals surface area (Å²) in [5, 5.41) is 16.1. The van der Waals surface area contributed by atoms with Crippen LogP contribution in [0, 0.1) is 0 Å². The molecule has 0 saturated heterocycles. The van der Waals surface area contributed by atoms with E-state index in [2.05, 4.69) is 25.3 Å². The molecule has 3 aromatic rings. The molecule has 6 nitrogen and oxygen atoms in total. The molecule has 10 heteroatoms. The van der Waals surface area contributed by atoms with Crippen LogP contribution in [-0.2, 0) is 6.54 Å². The molecule has 0 radical (unpaired) electrons. The number of hydrogen-bond donors (Lipinski definition) is 3. The van der Waals surface area contributed by atoms with Gasteiger partial charge in [-0.15, -0.1) is 13.2 Å². The minimum atomic E-state index is -4.79. The molecule has 0 aliphatic heterocycles. The van der Waals surface area contributed by atoms with Crippen molar-refractivity contribution in [3.8, 4) is 17.0 Å². The highest BCUT2D eigenvalue weighted by Gasteiger charge is 2.31. The maximum absolute atomic E-state index is 12.6. The average Bonchev–Trinajstić information content (AvgIpc) is 2.72. The van der Waals surface area contributed by atoms with Crippen LogP contribution >= 0.6 is 11.6 Å². The highest BCUT2D eigenvalue weighted by molar-refractivity contribution is 6.30. The van der Waals surface area contributed by atoms with E-state index in [1.165, 1.54) is 18.2 Å². The molecule has 1 aromatic heterocycles. The van der Waals surface area contributed by atoms with Crippen molar-refractivity contribution >= 4 is 23.4 Å². The van der Waals surface area contributed by atoms with E-state index >= 15 is 0 Å². The van der Waals surface area contributed by atoms with Crippen LogP contribution in [0.15, 0.2) is 54.6 Å². The number of halogens is 4. The lowest BCUT2D eigenvalue weighted by Crippen LogP contribution is -2.21. The van der Waals surface area contributed by atoms with Gasteiger partial charge < -0.3 is 20.5 Å². The van der Waals surface area contributed by atoms with E-state index in [-0.39, 0.29) is 24.3 Å². The van der Waals surface area contributed by atoms with Crippen molar-refractivity contribution in [3.05, 3.63) is 65.2 Å². The van der Waals surface area contributed by atoms with E-state index in [1.54, 1.807) is 31.2 Å². The summed E-state index contributed by atoms with van der Waals surface area (Å²) in [5.74, 6) is 0.326. The average molecular weight is 453 g/mol. The summed E-state index contributed by atoms with van der Waals surface area (Å²) < 4.78 is 41.7. The van der Waals surface area contributed by atoms with Gasteiger partial charge in [0.2, 0.25) is 5.95 Å². The highest BCUT2D eigenvalue weighted by atomic mass is 35.5. The van der Waals surface area contributed by atoms with E-state index in [0.717, 1.165) is 5.56 Å². The SMILES string of the molecule is C[C@@H](CO)Nc1nc(NCc2ccc(Cl)cc2)cc(-c2cccc(OC(F)(F)F)c2)n1. The number of rotatable bonds is 8.